The van der Waals surface area contributed by atoms with Crippen LogP contribution in [0.25, 0.3) is 63.6 Å². The molecular weight excluding hydrogens is 573 g/mol. The van der Waals surface area contributed by atoms with Crippen molar-refractivity contribution in [2.45, 2.75) is 0 Å². The lowest BCUT2D eigenvalue weighted by molar-refractivity contribution is 0.893. The van der Waals surface area contributed by atoms with Crippen molar-refractivity contribution in [3.05, 3.63) is 127 Å². The molecule has 0 fully saturated rings. The Balaban J connectivity index is 1.29. The van der Waals surface area contributed by atoms with Crippen molar-refractivity contribution >= 4 is 64.9 Å². The molecule has 0 saturated carbocycles. The second kappa shape index (κ2) is 9.03. The molecular formula is C30H16N6O4S2. The van der Waals surface area contributed by atoms with Gasteiger partial charge >= 0.3 is 11.4 Å². The molecule has 0 saturated heterocycles. The molecule has 4 aromatic carbocycles. The van der Waals surface area contributed by atoms with E-state index in [0.29, 0.717) is 44.0 Å². The molecule has 0 unspecified atom stereocenters. The zero-order chi connectivity index (χ0) is 28.5. The van der Waals surface area contributed by atoms with Gasteiger partial charge in [-0.25, -0.2) is 28.7 Å². The highest BCUT2D eigenvalue weighted by atomic mass is 32.1. The van der Waals surface area contributed by atoms with Crippen LogP contribution in [0.15, 0.2) is 104 Å². The van der Waals surface area contributed by atoms with Crippen LogP contribution < -0.4 is 22.5 Å². The van der Waals surface area contributed by atoms with Crippen molar-refractivity contribution < 1.29 is 0 Å². The van der Waals surface area contributed by atoms with Gasteiger partial charge < -0.3 is 9.97 Å². The van der Waals surface area contributed by atoms with Gasteiger partial charge in [-0.1, -0.05) is 59.1 Å². The lowest BCUT2D eigenvalue weighted by Gasteiger charge is -2.08. The van der Waals surface area contributed by atoms with Crippen molar-refractivity contribution in [3.8, 4) is 21.4 Å². The van der Waals surface area contributed by atoms with Crippen LogP contribution in [-0.4, -0.2) is 29.1 Å². The van der Waals surface area contributed by atoms with Crippen LogP contribution in [0.2, 0.25) is 0 Å². The minimum Gasteiger partial charge on any atom is -0.306 e. The Morgan fingerprint density at radius 1 is 0.548 bits per heavy atom. The molecule has 0 atom stereocenters. The normalized spacial score (nSPS) is 11.7. The van der Waals surface area contributed by atoms with Gasteiger partial charge in [0.2, 0.25) is 10.3 Å². The Hall–Kier alpha value is -5.46. The summed E-state index contributed by atoms with van der Waals surface area (Å²) >= 11 is 2.51. The third-order valence-corrected chi connectivity index (χ3v) is 9.12. The van der Waals surface area contributed by atoms with Crippen LogP contribution >= 0.6 is 22.7 Å². The van der Waals surface area contributed by atoms with Gasteiger partial charge in [0.1, 0.15) is 0 Å². The topological polar surface area (TPSA) is 136 Å². The fourth-order valence-corrected chi connectivity index (χ4v) is 6.97. The first-order chi connectivity index (χ1) is 20.4. The van der Waals surface area contributed by atoms with Crippen LogP contribution in [-0.2, 0) is 0 Å². The van der Waals surface area contributed by atoms with E-state index in [4.69, 9.17) is 0 Å². The molecule has 0 aliphatic heterocycles. The van der Waals surface area contributed by atoms with E-state index in [1.54, 1.807) is 36.4 Å². The van der Waals surface area contributed by atoms with Crippen LogP contribution in [0.3, 0.4) is 0 Å². The van der Waals surface area contributed by atoms with Gasteiger partial charge in [0.25, 0.3) is 11.1 Å². The number of fused-ring (bicyclic) bond motifs is 4. The predicted octanol–water partition coefficient (Wildman–Crippen LogP) is 4.56. The second-order valence-corrected chi connectivity index (χ2v) is 11.6. The highest BCUT2D eigenvalue weighted by molar-refractivity contribution is 7.21. The van der Waals surface area contributed by atoms with Crippen molar-refractivity contribution in [2.75, 3.05) is 0 Å². The number of thiazole rings is 2. The maximum Gasteiger partial charge on any atom is 0.335 e. The average molecular weight is 589 g/mol. The Morgan fingerprint density at radius 2 is 0.976 bits per heavy atom. The summed E-state index contributed by atoms with van der Waals surface area (Å²) in [7, 11) is 0. The Morgan fingerprint density at radius 3 is 1.40 bits per heavy atom. The number of para-hydroxylation sites is 2. The van der Waals surface area contributed by atoms with Crippen LogP contribution in [0, 0.1) is 0 Å². The molecule has 10 nitrogen and oxygen atoms in total. The molecule has 12 heteroatoms. The third-order valence-electron chi connectivity index (χ3n) is 7.08. The Bertz CT molecular complexity index is 2390. The minimum atomic E-state index is -0.579. The van der Waals surface area contributed by atoms with E-state index in [9.17, 15) is 19.2 Å². The number of aromatic nitrogens is 6. The van der Waals surface area contributed by atoms with E-state index >= 15 is 0 Å². The molecule has 202 valence electrons. The number of H-pyrrole nitrogens is 2. The van der Waals surface area contributed by atoms with Gasteiger partial charge in [-0.05, 0) is 59.7 Å². The summed E-state index contributed by atoms with van der Waals surface area (Å²) in [6, 6.07) is 25.0. The zero-order valence-electron chi connectivity index (χ0n) is 21.3. The Kier molecular flexibility index (Phi) is 5.23. The van der Waals surface area contributed by atoms with Crippen LogP contribution in [0.5, 0.6) is 0 Å². The molecule has 0 bridgehead atoms. The van der Waals surface area contributed by atoms with E-state index in [0.717, 1.165) is 18.5 Å². The van der Waals surface area contributed by atoms with E-state index in [1.807, 2.05) is 48.5 Å². The molecule has 0 aliphatic carbocycles. The van der Waals surface area contributed by atoms with Gasteiger partial charge in [0, 0.05) is 0 Å². The number of nitrogens with zero attached hydrogens (tertiary/aromatic N) is 4. The lowest BCUT2D eigenvalue weighted by Crippen LogP contribution is -2.33. The summed E-state index contributed by atoms with van der Waals surface area (Å²) in [5.41, 5.74) is 1.31. The smallest absolute Gasteiger partial charge is 0.306 e. The van der Waals surface area contributed by atoms with E-state index in [1.165, 1.54) is 22.7 Å². The van der Waals surface area contributed by atoms with E-state index in [2.05, 4.69) is 19.9 Å². The molecule has 8 rings (SSSR count). The fraction of sp³-hybridized carbons (Fsp3) is 0. The number of benzene rings is 4. The molecule has 4 aromatic heterocycles. The van der Waals surface area contributed by atoms with Gasteiger partial charge in [-0.2, -0.15) is 0 Å². The van der Waals surface area contributed by atoms with Gasteiger partial charge in [0.15, 0.2) is 0 Å². The third kappa shape index (κ3) is 3.70. The van der Waals surface area contributed by atoms with Crippen molar-refractivity contribution in [3.63, 3.8) is 0 Å². The van der Waals surface area contributed by atoms with Gasteiger partial charge in [-0.3, -0.25) is 9.59 Å². The number of nitrogens with one attached hydrogen (secondary N) is 2. The molecule has 42 heavy (non-hydrogen) atoms. The number of rotatable bonds is 3. The first-order valence-electron chi connectivity index (χ1n) is 12.7. The monoisotopic (exact) mass is 588 g/mol. The number of aromatic amines is 2. The summed E-state index contributed by atoms with van der Waals surface area (Å²) in [6.45, 7) is 0. The first-order valence-corrected chi connectivity index (χ1v) is 14.4. The lowest BCUT2D eigenvalue weighted by atomic mass is 10.0. The van der Waals surface area contributed by atoms with Crippen LogP contribution in [0.1, 0.15) is 0 Å². The number of hydrogen-bond donors (Lipinski definition) is 2. The fourth-order valence-electron chi connectivity index (χ4n) is 5.05. The first kappa shape index (κ1) is 24.3. The molecule has 4 heterocycles. The summed E-state index contributed by atoms with van der Waals surface area (Å²) in [5, 5.41) is 1.14. The minimum absolute atomic E-state index is 0.278. The molecule has 2 N–H and O–H groups in total. The van der Waals surface area contributed by atoms with E-state index in [-0.39, 0.29) is 10.3 Å². The second-order valence-electron chi connectivity index (χ2n) is 9.59. The quantitative estimate of drug-likeness (QED) is 0.311. The standard InChI is InChI=1S/C30H16N6O4S2/c37-25-17-13-15(9-11-19(17)31-27(39)35(25)29-33-21-5-1-3-7-23(21)41-29)16-10-12-20-18(14-16)26(38)36(28(40)32-20)30-34-22-6-2-4-8-24(22)42-30/h1-14H,(H,31,39)(H,32,40). The summed E-state index contributed by atoms with van der Waals surface area (Å²) in [4.78, 5) is 67.5. The summed E-state index contributed by atoms with van der Waals surface area (Å²) in [6.07, 6.45) is 0. The zero-order valence-corrected chi connectivity index (χ0v) is 23.0. The highest BCUT2D eigenvalue weighted by Crippen LogP contribution is 2.27. The molecule has 0 aliphatic rings. The van der Waals surface area contributed by atoms with Crippen molar-refractivity contribution in [1.29, 1.82) is 0 Å². The molecule has 0 amide bonds. The maximum absolute atomic E-state index is 13.6. The highest BCUT2D eigenvalue weighted by Gasteiger charge is 2.17. The van der Waals surface area contributed by atoms with Gasteiger partial charge in [0.05, 0.1) is 42.2 Å². The Labute approximate surface area is 241 Å². The van der Waals surface area contributed by atoms with Crippen molar-refractivity contribution in [1.82, 2.24) is 29.1 Å². The van der Waals surface area contributed by atoms with Crippen LogP contribution in [0.4, 0.5) is 0 Å². The molecule has 8 aromatic rings. The predicted molar refractivity (Wildman–Crippen MR) is 166 cm³/mol. The molecule has 0 spiro atoms. The van der Waals surface area contributed by atoms with E-state index < -0.39 is 22.5 Å². The summed E-state index contributed by atoms with van der Waals surface area (Å²) < 4.78 is 3.80. The number of hydrogen-bond acceptors (Lipinski definition) is 8. The average Bonchev–Trinajstić information content (AvgIpc) is 3.61. The summed E-state index contributed by atoms with van der Waals surface area (Å²) in [5.74, 6) is 0. The van der Waals surface area contributed by atoms with Crippen molar-refractivity contribution in [2.24, 2.45) is 0 Å². The largest absolute Gasteiger partial charge is 0.335 e. The SMILES string of the molecule is O=c1[nH]c2ccc(-c3ccc4[nH]c(=O)n(-c5nc6ccccc6s5)c(=O)c4c3)cc2c(=O)n1-c1nc2ccccc2s1. The maximum atomic E-state index is 13.6. The molecule has 0 radical (unpaired) electrons. The van der Waals surface area contributed by atoms with Gasteiger partial charge in [-0.15, -0.1) is 0 Å².